The molecule has 0 aliphatic carbocycles. The van der Waals surface area contributed by atoms with E-state index in [1.54, 1.807) is 26.0 Å². The number of amides is 1. The number of likely N-dealkylation sites (N-methyl/N-ethyl adjacent to an activating group) is 2. The van der Waals surface area contributed by atoms with Crippen LogP contribution in [0.4, 0.5) is 5.69 Å². The number of anilines is 1. The van der Waals surface area contributed by atoms with E-state index < -0.39 is 10.0 Å². The average molecular weight is 285 g/mol. The van der Waals surface area contributed by atoms with Crippen molar-refractivity contribution in [2.75, 3.05) is 25.4 Å². The molecule has 1 amide bonds. The van der Waals surface area contributed by atoms with Crippen LogP contribution in [0.15, 0.2) is 29.2 Å². The van der Waals surface area contributed by atoms with Crippen molar-refractivity contribution < 1.29 is 13.2 Å². The van der Waals surface area contributed by atoms with Crippen molar-refractivity contribution >= 4 is 21.6 Å². The summed E-state index contributed by atoms with van der Waals surface area (Å²) in [4.78, 5) is 11.6. The van der Waals surface area contributed by atoms with Crippen molar-refractivity contribution in [3.8, 4) is 0 Å². The molecule has 6 nitrogen and oxygen atoms in total. The largest absolute Gasteiger partial charge is 0.398 e. The molecule has 0 aliphatic heterocycles. The van der Waals surface area contributed by atoms with Crippen molar-refractivity contribution in [3.05, 3.63) is 24.3 Å². The van der Waals surface area contributed by atoms with Crippen LogP contribution < -0.4 is 11.1 Å². The standard InChI is InChI=1S/C12H19N3O3S/c1-3-14-12(16)9-15(4-2)19(17,18)11-8-6-5-7-10(11)13/h5-8H,3-4,9,13H2,1-2H3,(H,14,16). The molecule has 0 radical (unpaired) electrons. The van der Waals surface area contributed by atoms with Crippen LogP contribution in [-0.2, 0) is 14.8 Å². The van der Waals surface area contributed by atoms with E-state index >= 15 is 0 Å². The Kier molecular flexibility index (Phi) is 5.31. The lowest BCUT2D eigenvalue weighted by Gasteiger charge is -2.20. The van der Waals surface area contributed by atoms with E-state index in [2.05, 4.69) is 5.32 Å². The van der Waals surface area contributed by atoms with Gasteiger partial charge in [0.15, 0.2) is 0 Å². The summed E-state index contributed by atoms with van der Waals surface area (Å²) in [5, 5.41) is 2.57. The van der Waals surface area contributed by atoms with Gasteiger partial charge in [0.2, 0.25) is 15.9 Å². The SMILES string of the molecule is CCNC(=O)CN(CC)S(=O)(=O)c1ccccc1N. The summed E-state index contributed by atoms with van der Waals surface area (Å²) < 4.78 is 25.9. The van der Waals surface area contributed by atoms with Crippen LogP contribution in [-0.4, -0.2) is 38.3 Å². The molecule has 0 spiro atoms. The van der Waals surface area contributed by atoms with E-state index in [1.165, 1.54) is 12.1 Å². The number of rotatable bonds is 6. The van der Waals surface area contributed by atoms with Gasteiger partial charge in [-0.15, -0.1) is 0 Å². The number of nitrogens with zero attached hydrogens (tertiary/aromatic N) is 1. The minimum absolute atomic E-state index is 0.0288. The van der Waals surface area contributed by atoms with Gasteiger partial charge >= 0.3 is 0 Å². The summed E-state index contributed by atoms with van der Waals surface area (Å²) in [6.45, 7) is 3.91. The predicted molar refractivity (Wildman–Crippen MR) is 74.0 cm³/mol. The number of nitrogens with two attached hydrogens (primary N) is 1. The van der Waals surface area contributed by atoms with E-state index in [-0.39, 0.29) is 29.6 Å². The van der Waals surface area contributed by atoms with Gasteiger partial charge in [-0.05, 0) is 19.1 Å². The second-order valence-corrected chi connectivity index (χ2v) is 5.83. The van der Waals surface area contributed by atoms with E-state index in [9.17, 15) is 13.2 Å². The molecule has 3 N–H and O–H groups in total. The minimum atomic E-state index is -3.75. The molecule has 1 aromatic carbocycles. The number of hydrogen-bond acceptors (Lipinski definition) is 4. The second-order valence-electron chi connectivity index (χ2n) is 3.92. The first kappa shape index (κ1) is 15.5. The highest BCUT2D eigenvalue weighted by molar-refractivity contribution is 7.89. The van der Waals surface area contributed by atoms with Gasteiger partial charge in [0.25, 0.3) is 0 Å². The van der Waals surface area contributed by atoms with Crippen molar-refractivity contribution in [3.63, 3.8) is 0 Å². The molecule has 0 atom stereocenters. The molecule has 0 saturated heterocycles. The maximum atomic E-state index is 12.4. The topological polar surface area (TPSA) is 92.5 Å². The minimum Gasteiger partial charge on any atom is -0.398 e. The zero-order valence-electron chi connectivity index (χ0n) is 11.1. The zero-order valence-corrected chi connectivity index (χ0v) is 11.9. The Labute approximate surface area is 113 Å². The highest BCUT2D eigenvalue weighted by Crippen LogP contribution is 2.21. The zero-order chi connectivity index (χ0) is 14.5. The molecule has 0 heterocycles. The molecule has 0 saturated carbocycles. The molecular formula is C12H19N3O3S. The number of nitrogen functional groups attached to an aromatic ring is 1. The highest BCUT2D eigenvalue weighted by atomic mass is 32.2. The van der Waals surface area contributed by atoms with Crippen molar-refractivity contribution in [1.29, 1.82) is 0 Å². The molecule has 7 heteroatoms. The van der Waals surface area contributed by atoms with Crippen molar-refractivity contribution in [2.45, 2.75) is 18.7 Å². The fourth-order valence-corrected chi connectivity index (χ4v) is 3.16. The molecule has 0 aliphatic rings. The van der Waals surface area contributed by atoms with Gasteiger partial charge in [0, 0.05) is 13.1 Å². The third kappa shape index (κ3) is 3.68. The van der Waals surface area contributed by atoms with E-state index in [1.807, 2.05) is 0 Å². The number of sulfonamides is 1. The van der Waals surface area contributed by atoms with Crippen LogP contribution >= 0.6 is 0 Å². The maximum Gasteiger partial charge on any atom is 0.245 e. The second kappa shape index (κ2) is 6.53. The van der Waals surface area contributed by atoms with Gasteiger partial charge in [0.1, 0.15) is 4.90 Å². The monoisotopic (exact) mass is 285 g/mol. The number of benzene rings is 1. The third-order valence-corrected chi connectivity index (χ3v) is 4.58. The van der Waals surface area contributed by atoms with Crippen molar-refractivity contribution in [2.24, 2.45) is 0 Å². The molecule has 0 unspecified atom stereocenters. The Morgan fingerprint density at radius 3 is 2.47 bits per heavy atom. The van der Waals surface area contributed by atoms with Crippen molar-refractivity contribution in [1.82, 2.24) is 9.62 Å². The van der Waals surface area contributed by atoms with Gasteiger partial charge in [-0.1, -0.05) is 19.1 Å². The fourth-order valence-electron chi connectivity index (χ4n) is 1.63. The van der Waals surface area contributed by atoms with Crippen LogP contribution in [0.5, 0.6) is 0 Å². The van der Waals surface area contributed by atoms with Gasteiger partial charge in [-0.3, -0.25) is 4.79 Å². The smallest absolute Gasteiger partial charge is 0.245 e. The van der Waals surface area contributed by atoms with E-state index in [4.69, 9.17) is 5.73 Å². The molecular weight excluding hydrogens is 266 g/mol. The number of para-hydroxylation sites is 1. The van der Waals surface area contributed by atoms with Gasteiger partial charge in [-0.25, -0.2) is 8.42 Å². The Bertz CT molecular complexity index is 543. The van der Waals surface area contributed by atoms with E-state index in [0.717, 1.165) is 4.31 Å². The highest BCUT2D eigenvalue weighted by Gasteiger charge is 2.26. The number of nitrogens with one attached hydrogen (secondary N) is 1. The Hall–Kier alpha value is -1.60. The normalized spacial score (nSPS) is 11.5. The number of carbonyl (C=O) groups excluding carboxylic acids is 1. The predicted octanol–water partition coefficient (Wildman–Crippen LogP) is 0.416. The van der Waals surface area contributed by atoms with Gasteiger partial charge in [0.05, 0.1) is 12.2 Å². The summed E-state index contributed by atoms with van der Waals surface area (Å²) in [7, 11) is -3.75. The van der Waals surface area contributed by atoms with E-state index in [0.29, 0.717) is 6.54 Å². The van der Waals surface area contributed by atoms with Crippen LogP contribution in [0.1, 0.15) is 13.8 Å². The average Bonchev–Trinajstić information content (AvgIpc) is 2.36. The first-order valence-electron chi connectivity index (χ1n) is 6.04. The molecule has 0 aromatic heterocycles. The molecule has 106 valence electrons. The van der Waals surface area contributed by atoms with Gasteiger partial charge in [-0.2, -0.15) is 4.31 Å². The summed E-state index contributed by atoms with van der Waals surface area (Å²) in [6.07, 6.45) is 0. The lowest BCUT2D eigenvalue weighted by Crippen LogP contribution is -2.40. The quantitative estimate of drug-likeness (QED) is 0.741. The molecule has 0 fully saturated rings. The summed E-state index contributed by atoms with van der Waals surface area (Å²) in [5.74, 6) is -0.331. The first-order valence-corrected chi connectivity index (χ1v) is 7.48. The summed E-state index contributed by atoms with van der Waals surface area (Å²) in [5.41, 5.74) is 5.86. The van der Waals surface area contributed by atoms with Crippen LogP contribution in [0.25, 0.3) is 0 Å². The number of carbonyl (C=O) groups is 1. The van der Waals surface area contributed by atoms with Crippen LogP contribution in [0, 0.1) is 0 Å². The summed E-state index contributed by atoms with van der Waals surface area (Å²) in [6, 6.07) is 6.22. The first-order chi connectivity index (χ1) is 8.93. The van der Waals surface area contributed by atoms with Crippen LogP contribution in [0.2, 0.25) is 0 Å². The Morgan fingerprint density at radius 1 is 1.32 bits per heavy atom. The lowest BCUT2D eigenvalue weighted by atomic mass is 10.3. The summed E-state index contributed by atoms with van der Waals surface area (Å²) >= 11 is 0. The third-order valence-electron chi connectivity index (χ3n) is 2.58. The number of hydrogen-bond donors (Lipinski definition) is 2. The van der Waals surface area contributed by atoms with Gasteiger partial charge < -0.3 is 11.1 Å². The Balaban J connectivity index is 3.03. The molecule has 19 heavy (non-hydrogen) atoms. The van der Waals surface area contributed by atoms with Crippen LogP contribution in [0.3, 0.4) is 0 Å². The molecule has 1 aromatic rings. The molecule has 0 bridgehead atoms. The molecule has 1 rings (SSSR count). The fraction of sp³-hybridized carbons (Fsp3) is 0.417. The Morgan fingerprint density at radius 2 is 1.95 bits per heavy atom. The lowest BCUT2D eigenvalue weighted by molar-refractivity contribution is -0.121. The maximum absolute atomic E-state index is 12.4.